The van der Waals surface area contributed by atoms with Crippen LogP contribution in [0.4, 0.5) is 5.69 Å². The summed E-state index contributed by atoms with van der Waals surface area (Å²) in [5.41, 5.74) is 3.26. The Kier molecular flexibility index (Phi) is 7.46. The Bertz CT molecular complexity index is 1030. The van der Waals surface area contributed by atoms with Gasteiger partial charge in [0.2, 0.25) is 0 Å². The molecule has 0 amide bonds. The van der Waals surface area contributed by atoms with Gasteiger partial charge in [0.1, 0.15) is 0 Å². The van der Waals surface area contributed by atoms with Crippen molar-refractivity contribution in [3.63, 3.8) is 0 Å². The molecule has 2 aromatic rings. The first-order valence-electron chi connectivity index (χ1n) is 11.7. The van der Waals surface area contributed by atoms with Crippen LogP contribution >= 0.6 is 0 Å². The molecular weight excluding hydrogens is 432 g/mol. The number of benzene rings is 1. The van der Waals surface area contributed by atoms with Gasteiger partial charge in [0.25, 0.3) is 0 Å². The average Bonchev–Trinajstić information content (AvgIpc) is 2.76. The number of hydrogen-bond donors (Lipinski definition) is 1. The lowest BCUT2D eigenvalue weighted by atomic mass is 9.82. The number of pyridine rings is 1. The molecule has 0 radical (unpaired) electrons. The zero-order valence-electron chi connectivity index (χ0n) is 21.7. The third kappa shape index (κ3) is 5.46. The number of piperidine rings is 1. The molecule has 1 saturated heterocycles. The maximum atomic E-state index is 12.5. The fourth-order valence-electron chi connectivity index (χ4n) is 4.48. The number of carbonyl (C=O) groups is 1. The van der Waals surface area contributed by atoms with E-state index in [-0.39, 0.29) is 5.41 Å². The number of rotatable bonds is 7. The monoisotopic (exact) mass is 470 g/mol. The Morgan fingerprint density at radius 3 is 2.29 bits per heavy atom. The van der Waals surface area contributed by atoms with Crippen LogP contribution in [0.3, 0.4) is 0 Å². The Labute approximate surface area is 203 Å². The van der Waals surface area contributed by atoms with Gasteiger partial charge in [-0.1, -0.05) is 26.0 Å². The van der Waals surface area contributed by atoms with Gasteiger partial charge in [-0.3, -0.25) is 4.98 Å². The lowest BCUT2D eigenvalue weighted by Gasteiger charge is -2.41. The summed E-state index contributed by atoms with van der Waals surface area (Å²) in [5.74, 6) is 0.158. The Hall–Kier alpha value is -2.80. The molecule has 1 aliphatic rings. The molecule has 1 aromatic carbocycles. The van der Waals surface area contributed by atoms with Gasteiger partial charge in [-0.05, 0) is 52.0 Å². The first-order chi connectivity index (χ1) is 15.9. The minimum Gasteiger partial charge on any atom is -0.493 e. The van der Waals surface area contributed by atoms with E-state index < -0.39 is 17.7 Å². The molecule has 2 heterocycles. The topological polar surface area (TPSA) is 81.1 Å². The molecule has 1 N–H and O–H groups in total. The van der Waals surface area contributed by atoms with Crippen molar-refractivity contribution in [2.24, 2.45) is 5.41 Å². The van der Waals surface area contributed by atoms with Crippen LogP contribution in [0.2, 0.25) is 0 Å². The fourth-order valence-corrected chi connectivity index (χ4v) is 4.48. The van der Waals surface area contributed by atoms with Gasteiger partial charge >= 0.3 is 5.97 Å². The highest BCUT2D eigenvalue weighted by molar-refractivity contribution is 5.89. The summed E-state index contributed by atoms with van der Waals surface area (Å²) in [5, 5.41) is 10.2. The number of anilines is 1. The fraction of sp³-hybridized carbons (Fsp3) is 0.556. The van der Waals surface area contributed by atoms with E-state index in [2.05, 4.69) is 23.7 Å². The molecule has 34 heavy (non-hydrogen) atoms. The molecule has 3 rings (SSSR count). The number of aliphatic carboxylic acids is 1. The normalized spacial score (nSPS) is 16.8. The SMILES string of the molecule is COc1cccc(-c2cnc(C)c(C(OC(C)(C)C)C(=O)O)c2N2CCC(C)(C)CC2)c1OC. The van der Waals surface area contributed by atoms with Crippen LogP contribution in [0.5, 0.6) is 11.5 Å². The Morgan fingerprint density at radius 1 is 1.12 bits per heavy atom. The van der Waals surface area contributed by atoms with E-state index in [4.69, 9.17) is 14.2 Å². The maximum Gasteiger partial charge on any atom is 0.337 e. The summed E-state index contributed by atoms with van der Waals surface area (Å²) in [7, 11) is 3.21. The van der Waals surface area contributed by atoms with Gasteiger partial charge in [0, 0.05) is 41.7 Å². The number of nitrogens with zero attached hydrogens (tertiary/aromatic N) is 2. The predicted molar refractivity (Wildman–Crippen MR) is 134 cm³/mol. The predicted octanol–water partition coefficient (Wildman–Crippen LogP) is 5.64. The van der Waals surface area contributed by atoms with E-state index in [1.807, 2.05) is 45.9 Å². The maximum absolute atomic E-state index is 12.5. The zero-order valence-corrected chi connectivity index (χ0v) is 21.7. The summed E-state index contributed by atoms with van der Waals surface area (Å²) < 4.78 is 17.4. The van der Waals surface area contributed by atoms with Crippen LogP contribution < -0.4 is 14.4 Å². The molecule has 7 nitrogen and oxygen atoms in total. The average molecular weight is 471 g/mol. The molecule has 1 atom stereocenters. The van der Waals surface area contributed by atoms with Crippen molar-refractivity contribution in [2.45, 2.75) is 66.1 Å². The number of para-hydroxylation sites is 1. The van der Waals surface area contributed by atoms with Crippen molar-refractivity contribution >= 4 is 11.7 Å². The molecule has 1 fully saturated rings. The summed E-state index contributed by atoms with van der Waals surface area (Å²) in [6.07, 6.45) is 2.65. The molecule has 7 heteroatoms. The van der Waals surface area contributed by atoms with Crippen molar-refractivity contribution in [3.8, 4) is 22.6 Å². The number of carboxylic acids is 1. The zero-order chi connectivity index (χ0) is 25.3. The number of carboxylic acid groups (broad SMARTS) is 1. The van der Waals surface area contributed by atoms with Gasteiger partial charge in [-0.15, -0.1) is 0 Å². The number of hydrogen-bond acceptors (Lipinski definition) is 6. The van der Waals surface area contributed by atoms with Gasteiger partial charge in [-0.25, -0.2) is 4.79 Å². The Balaban J connectivity index is 2.32. The number of aryl methyl sites for hydroxylation is 1. The van der Waals surface area contributed by atoms with Crippen LogP contribution in [0.25, 0.3) is 11.1 Å². The van der Waals surface area contributed by atoms with E-state index in [0.29, 0.717) is 22.8 Å². The lowest BCUT2D eigenvalue weighted by Crippen LogP contribution is -2.39. The third-order valence-corrected chi connectivity index (χ3v) is 6.37. The minimum absolute atomic E-state index is 0.237. The van der Waals surface area contributed by atoms with Crippen molar-refractivity contribution in [3.05, 3.63) is 35.7 Å². The molecular formula is C27H38N2O5. The van der Waals surface area contributed by atoms with Crippen molar-refractivity contribution in [1.29, 1.82) is 0 Å². The van der Waals surface area contributed by atoms with Crippen LogP contribution in [-0.4, -0.2) is 49.0 Å². The van der Waals surface area contributed by atoms with E-state index >= 15 is 0 Å². The largest absolute Gasteiger partial charge is 0.493 e. The summed E-state index contributed by atoms with van der Waals surface area (Å²) >= 11 is 0. The van der Waals surface area contributed by atoms with Gasteiger partial charge < -0.3 is 24.2 Å². The molecule has 0 saturated carbocycles. The number of methoxy groups -OCH3 is 2. The van der Waals surface area contributed by atoms with Crippen molar-refractivity contribution in [2.75, 3.05) is 32.2 Å². The van der Waals surface area contributed by atoms with Crippen LogP contribution in [0.1, 0.15) is 64.8 Å². The molecule has 0 spiro atoms. The van der Waals surface area contributed by atoms with Crippen molar-refractivity contribution in [1.82, 2.24) is 4.98 Å². The second-order valence-electron chi connectivity index (χ2n) is 10.7. The molecule has 186 valence electrons. The standard InChI is InChI=1S/C27H38N2O5/c1-17-21(24(25(30)31)34-26(2,3)4)22(29-14-12-27(5,6)13-15-29)19(16-28-17)18-10-9-11-20(32-7)23(18)33-8/h9-11,16,24H,12-15H2,1-8H3,(H,30,31). The molecule has 0 aliphatic carbocycles. The molecule has 1 aromatic heterocycles. The number of ether oxygens (including phenoxy) is 3. The first kappa shape index (κ1) is 25.8. The van der Waals surface area contributed by atoms with E-state index in [9.17, 15) is 9.90 Å². The van der Waals surface area contributed by atoms with Crippen LogP contribution in [0.15, 0.2) is 24.4 Å². The van der Waals surface area contributed by atoms with Gasteiger partial charge in [-0.2, -0.15) is 0 Å². The molecule has 1 aliphatic heterocycles. The van der Waals surface area contributed by atoms with E-state index in [1.165, 1.54) is 0 Å². The molecule has 0 bridgehead atoms. The van der Waals surface area contributed by atoms with Crippen LogP contribution in [0, 0.1) is 12.3 Å². The van der Waals surface area contributed by atoms with E-state index in [0.717, 1.165) is 42.7 Å². The van der Waals surface area contributed by atoms with E-state index in [1.54, 1.807) is 20.4 Å². The van der Waals surface area contributed by atoms with Gasteiger partial charge in [0.05, 0.1) is 25.5 Å². The smallest absolute Gasteiger partial charge is 0.337 e. The van der Waals surface area contributed by atoms with Crippen molar-refractivity contribution < 1.29 is 24.1 Å². The Morgan fingerprint density at radius 2 is 1.76 bits per heavy atom. The first-order valence-corrected chi connectivity index (χ1v) is 11.7. The van der Waals surface area contributed by atoms with Crippen LogP contribution in [-0.2, 0) is 9.53 Å². The lowest BCUT2D eigenvalue weighted by molar-refractivity contribution is -0.160. The summed E-state index contributed by atoms with van der Waals surface area (Å²) in [4.78, 5) is 19.4. The summed E-state index contributed by atoms with van der Waals surface area (Å²) in [6, 6.07) is 5.70. The highest BCUT2D eigenvalue weighted by Gasteiger charge is 2.36. The molecule has 1 unspecified atom stereocenters. The highest BCUT2D eigenvalue weighted by atomic mass is 16.5. The van der Waals surface area contributed by atoms with Gasteiger partial charge in [0.15, 0.2) is 17.6 Å². The quantitative estimate of drug-likeness (QED) is 0.561. The summed E-state index contributed by atoms with van der Waals surface area (Å²) in [6.45, 7) is 13.6. The third-order valence-electron chi connectivity index (χ3n) is 6.37. The highest BCUT2D eigenvalue weighted by Crippen LogP contribution is 2.47. The minimum atomic E-state index is -1.16. The second-order valence-corrected chi connectivity index (χ2v) is 10.7. The second kappa shape index (κ2) is 9.82. The number of aromatic nitrogens is 1.